The second kappa shape index (κ2) is 7.91. The van der Waals surface area contributed by atoms with Gasteiger partial charge in [0.2, 0.25) is 11.6 Å². The van der Waals surface area contributed by atoms with Gasteiger partial charge < -0.3 is 20.5 Å². The fourth-order valence-corrected chi connectivity index (χ4v) is 4.11. The van der Waals surface area contributed by atoms with Crippen LogP contribution in [0.1, 0.15) is 48.0 Å². The third-order valence-electron chi connectivity index (χ3n) is 5.89. The number of nitrogens with zero attached hydrogens (tertiary/aromatic N) is 4. The van der Waals surface area contributed by atoms with Crippen LogP contribution in [0.2, 0.25) is 0 Å². The Hall–Kier alpha value is -3.45. The van der Waals surface area contributed by atoms with Gasteiger partial charge in [-0.2, -0.15) is 18.9 Å². The summed E-state index contributed by atoms with van der Waals surface area (Å²) in [7, 11) is 2.47. The smallest absolute Gasteiger partial charge is 0.254 e. The van der Waals surface area contributed by atoms with E-state index in [2.05, 4.69) is 27.1 Å². The van der Waals surface area contributed by atoms with E-state index in [1.807, 2.05) is 10.9 Å². The average Bonchev–Trinajstić information content (AvgIpc) is 3.34. The molecule has 0 radical (unpaired) electrons. The molecule has 1 saturated heterocycles. The number of fused-ring (bicyclic) bond motifs is 1. The highest BCUT2D eigenvalue weighted by Crippen LogP contribution is 2.44. The Morgan fingerprint density at radius 2 is 1.84 bits per heavy atom. The Morgan fingerprint density at radius 1 is 1.12 bits per heavy atom. The van der Waals surface area contributed by atoms with Crippen molar-refractivity contribution in [1.29, 1.82) is 0 Å². The van der Waals surface area contributed by atoms with Gasteiger partial charge >= 0.3 is 0 Å². The number of pyridine rings is 2. The van der Waals surface area contributed by atoms with E-state index in [-0.39, 0.29) is 11.9 Å². The van der Waals surface area contributed by atoms with Crippen molar-refractivity contribution in [2.45, 2.75) is 31.2 Å². The van der Waals surface area contributed by atoms with Crippen LogP contribution in [0.5, 0.6) is 11.8 Å². The van der Waals surface area contributed by atoms with Crippen molar-refractivity contribution < 1.29 is 18.3 Å². The van der Waals surface area contributed by atoms with Crippen molar-refractivity contribution in [3.63, 3.8) is 0 Å². The first-order valence-corrected chi connectivity index (χ1v) is 10.4. The molecule has 0 bridgehead atoms. The average molecular weight is 440 g/mol. The summed E-state index contributed by atoms with van der Waals surface area (Å²) in [5, 5.41) is 8.68. The quantitative estimate of drug-likeness (QED) is 0.602. The molecule has 1 saturated carbocycles. The summed E-state index contributed by atoms with van der Waals surface area (Å²) in [5.41, 5.74) is 8.04. The molecule has 2 fully saturated rings. The summed E-state index contributed by atoms with van der Waals surface area (Å²) >= 11 is 0. The highest BCUT2D eigenvalue weighted by atomic mass is 19.1. The zero-order chi connectivity index (χ0) is 22.4. The molecule has 8 nitrogen and oxygen atoms in total. The van der Waals surface area contributed by atoms with Crippen LogP contribution in [0, 0.1) is 23.5 Å². The number of methoxy groups -OCH3 is 2. The first-order chi connectivity index (χ1) is 15.5. The van der Waals surface area contributed by atoms with Gasteiger partial charge in [-0.15, -0.1) is 0 Å². The first kappa shape index (κ1) is 20.5. The standard InChI is InChI=1S/C22H22F2N6O2/c1-31-21-17(23)13(18(24)22(28-21)32-2)5-6-15-16-19(30(29-15)12-7-8-26-9-12)14(11-3-4-11)10-27-20(16)25/h10-12,26H,3-4,7-9H2,1-2H3,(H2,25,27). The highest BCUT2D eigenvalue weighted by Gasteiger charge is 2.31. The minimum Gasteiger partial charge on any atom is -0.479 e. The van der Waals surface area contributed by atoms with Crippen LogP contribution in [-0.2, 0) is 0 Å². The molecule has 0 amide bonds. The second-order valence-electron chi connectivity index (χ2n) is 7.92. The number of hydrogen-bond donors (Lipinski definition) is 2. The van der Waals surface area contributed by atoms with E-state index in [0.29, 0.717) is 17.0 Å². The van der Waals surface area contributed by atoms with Gasteiger partial charge in [0.1, 0.15) is 17.1 Å². The molecule has 0 spiro atoms. The van der Waals surface area contributed by atoms with E-state index in [1.54, 1.807) is 0 Å². The number of nitrogens with one attached hydrogen (secondary N) is 1. The van der Waals surface area contributed by atoms with Crippen molar-refractivity contribution in [2.24, 2.45) is 0 Å². The SMILES string of the molecule is COc1nc(OC)c(F)c(C#Cc2nn(C3CCNC3)c3c(C4CC4)cnc(N)c23)c1F. The summed E-state index contributed by atoms with van der Waals surface area (Å²) in [5.74, 6) is 3.26. The lowest BCUT2D eigenvalue weighted by Gasteiger charge is -2.13. The number of nitrogens with two attached hydrogens (primary N) is 1. The normalized spacial score (nSPS) is 17.9. The minimum absolute atomic E-state index is 0.141. The van der Waals surface area contributed by atoms with Crippen LogP contribution in [-0.4, -0.2) is 47.1 Å². The maximum absolute atomic E-state index is 14.7. The van der Waals surface area contributed by atoms with Crippen LogP contribution in [0.25, 0.3) is 10.9 Å². The predicted octanol–water partition coefficient (Wildman–Crippen LogP) is 2.52. The van der Waals surface area contributed by atoms with Crippen LogP contribution in [0.15, 0.2) is 6.20 Å². The Bertz CT molecular complexity index is 1240. The number of aromatic nitrogens is 4. The Labute approximate surface area is 183 Å². The number of nitrogen functional groups attached to an aromatic ring is 1. The lowest BCUT2D eigenvalue weighted by Crippen LogP contribution is -2.15. The molecule has 2 aliphatic rings. The topological polar surface area (TPSA) is 100 Å². The fourth-order valence-electron chi connectivity index (χ4n) is 4.11. The maximum atomic E-state index is 14.7. The van der Waals surface area contributed by atoms with E-state index in [1.165, 1.54) is 14.2 Å². The molecule has 5 rings (SSSR count). The molecule has 10 heteroatoms. The molecule has 3 aromatic heterocycles. The number of hydrogen-bond acceptors (Lipinski definition) is 7. The molecule has 1 aliphatic carbocycles. The van der Waals surface area contributed by atoms with E-state index in [0.717, 1.165) is 43.4 Å². The Kier molecular flexibility index (Phi) is 5.06. The molecule has 4 heterocycles. The lowest BCUT2D eigenvalue weighted by atomic mass is 10.1. The number of anilines is 1. The summed E-state index contributed by atoms with van der Waals surface area (Å²) in [6.07, 6.45) is 4.90. The maximum Gasteiger partial charge on any atom is 0.254 e. The monoisotopic (exact) mass is 440 g/mol. The largest absolute Gasteiger partial charge is 0.479 e. The lowest BCUT2D eigenvalue weighted by molar-refractivity contribution is 0.327. The van der Waals surface area contributed by atoms with Gasteiger partial charge in [-0.25, -0.2) is 4.98 Å². The Morgan fingerprint density at radius 3 is 2.44 bits per heavy atom. The summed E-state index contributed by atoms with van der Waals surface area (Å²) in [6.45, 7) is 1.66. The van der Waals surface area contributed by atoms with Crippen LogP contribution in [0.3, 0.4) is 0 Å². The van der Waals surface area contributed by atoms with Crippen molar-refractivity contribution in [3.8, 4) is 23.6 Å². The van der Waals surface area contributed by atoms with Crippen LogP contribution >= 0.6 is 0 Å². The molecule has 3 aromatic rings. The van der Waals surface area contributed by atoms with E-state index in [4.69, 9.17) is 20.3 Å². The fraction of sp³-hybridized carbons (Fsp3) is 0.409. The zero-order valence-corrected chi connectivity index (χ0v) is 17.7. The van der Waals surface area contributed by atoms with Gasteiger partial charge in [0.25, 0.3) is 11.8 Å². The third-order valence-corrected chi connectivity index (χ3v) is 5.89. The summed E-state index contributed by atoms with van der Waals surface area (Å²) in [4.78, 5) is 8.02. The first-order valence-electron chi connectivity index (χ1n) is 10.4. The summed E-state index contributed by atoms with van der Waals surface area (Å²) in [6, 6.07) is 0.141. The van der Waals surface area contributed by atoms with Gasteiger partial charge in [-0.1, -0.05) is 5.92 Å². The Balaban J connectivity index is 1.71. The van der Waals surface area contributed by atoms with Gasteiger partial charge in [-0.05, 0) is 43.2 Å². The summed E-state index contributed by atoms with van der Waals surface area (Å²) < 4.78 is 41.2. The molecule has 0 aromatic carbocycles. The van der Waals surface area contributed by atoms with Gasteiger partial charge in [0.15, 0.2) is 0 Å². The van der Waals surface area contributed by atoms with Crippen LogP contribution < -0.4 is 20.5 Å². The van der Waals surface area contributed by atoms with Crippen molar-refractivity contribution in [1.82, 2.24) is 25.1 Å². The van der Waals surface area contributed by atoms with Crippen molar-refractivity contribution in [3.05, 3.63) is 34.7 Å². The van der Waals surface area contributed by atoms with E-state index >= 15 is 0 Å². The van der Waals surface area contributed by atoms with Crippen molar-refractivity contribution in [2.75, 3.05) is 33.0 Å². The molecule has 1 aliphatic heterocycles. The van der Waals surface area contributed by atoms with Crippen molar-refractivity contribution >= 4 is 16.7 Å². The van der Waals surface area contributed by atoms with E-state index in [9.17, 15) is 8.78 Å². The molecule has 1 atom stereocenters. The molecule has 1 unspecified atom stereocenters. The highest BCUT2D eigenvalue weighted by molar-refractivity contribution is 5.95. The zero-order valence-electron chi connectivity index (χ0n) is 17.7. The molecule has 166 valence electrons. The number of ether oxygens (including phenoxy) is 2. The van der Waals surface area contributed by atoms with Gasteiger partial charge in [0.05, 0.1) is 31.2 Å². The number of halogens is 2. The van der Waals surface area contributed by atoms with Crippen LogP contribution in [0.4, 0.5) is 14.6 Å². The van der Waals surface area contributed by atoms with E-state index < -0.39 is 29.0 Å². The van der Waals surface area contributed by atoms with Gasteiger partial charge in [-0.3, -0.25) is 4.68 Å². The molecule has 32 heavy (non-hydrogen) atoms. The second-order valence-corrected chi connectivity index (χ2v) is 7.92. The third kappa shape index (κ3) is 3.29. The molecule has 3 N–H and O–H groups in total. The minimum atomic E-state index is -1.01. The molecular formula is C22H22F2N6O2. The number of rotatable bonds is 4. The van der Waals surface area contributed by atoms with Gasteiger partial charge in [0, 0.05) is 12.7 Å². The predicted molar refractivity (Wildman–Crippen MR) is 114 cm³/mol. The molecular weight excluding hydrogens is 418 g/mol.